The largest absolute Gasteiger partial charge is 0.444 e. The predicted octanol–water partition coefficient (Wildman–Crippen LogP) is 2.75. The first-order valence-electron chi connectivity index (χ1n) is 5.80. The summed E-state index contributed by atoms with van der Waals surface area (Å²) < 4.78 is 5.93. The molecule has 1 aliphatic rings. The lowest BCUT2D eigenvalue weighted by molar-refractivity contribution is 0.0493. The summed E-state index contributed by atoms with van der Waals surface area (Å²) in [4.78, 5) is 20.2. The van der Waals surface area contributed by atoms with Crippen molar-refractivity contribution in [1.29, 1.82) is 0 Å². The first-order chi connectivity index (χ1) is 8.31. The molecule has 18 heavy (non-hydrogen) atoms. The summed E-state index contributed by atoms with van der Waals surface area (Å²) in [6.07, 6.45) is 4.62. The second kappa shape index (κ2) is 4.50. The fourth-order valence-corrected chi connectivity index (χ4v) is 1.83. The molecular weight excluding hydrogens is 298 g/mol. The highest BCUT2D eigenvalue weighted by atomic mass is 79.9. The highest BCUT2D eigenvalue weighted by Gasteiger charge is 2.48. The number of hydrogen-bond donors (Lipinski definition) is 1. The van der Waals surface area contributed by atoms with Gasteiger partial charge < -0.3 is 10.1 Å². The number of carbonyl (C=O) groups excluding carboxylic acids is 1. The molecule has 1 aliphatic carbocycles. The molecule has 0 radical (unpaired) electrons. The van der Waals surface area contributed by atoms with Gasteiger partial charge >= 0.3 is 6.09 Å². The molecule has 1 fully saturated rings. The first-order valence-corrected chi connectivity index (χ1v) is 6.59. The highest BCUT2D eigenvalue weighted by Crippen LogP contribution is 2.44. The minimum atomic E-state index is -0.494. The second-order valence-electron chi connectivity index (χ2n) is 5.43. The lowest BCUT2D eigenvalue weighted by Crippen LogP contribution is -2.39. The van der Waals surface area contributed by atoms with Crippen LogP contribution in [-0.2, 0) is 10.3 Å². The van der Waals surface area contributed by atoms with Crippen molar-refractivity contribution in [3.63, 3.8) is 0 Å². The number of halogens is 1. The van der Waals surface area contributed by atoms with E-state index < -0.39 is 17.2 Å². The average Bonchev–Trinajstić information content (AvgIpc) is 2.96. The van der Waals surface area contributed by atoms with E-state index in [9.17, 15) is 4.79 Å². The van der Waals surface area contributed by atoms with Crippen LogP contribution in [0.1, 0.15) is 39.3 Å². The van der Waals surface area contributed by atoms with Crippen molar-refractivity contribution in [2.45, 2.75) is 44.8 Å². The topological polar surface area (TPSA) is 64.1 Å². The molecule has 0 unspecified atom stereocenters. The van der Waals surface area contributed by atoms with Crippen molar-refractivity contribution in [2.24, 2.45) is 0 Å². The van der Waals surface area contributed by atoms with E-state index in [0.29, 0.717) is 4.60 Å². The molecule has 0 aliphatic heterocycles. The Balaban J connectivity index is 2.04. The lowest BCUT2D eigenvalue weighted by atomic mass is 10.2. The molecule has 1 aromatic heterocycles. The van der Waals surface area contributed by atoms with Gasteiger partial charge in [-0.3, -0.25) is 4.98 Å². The zero-order chi connectivity index (χ0) is 13.4. The number of nitrogens with one attached hydrogen (secondary N) is 1. The third-order valence-corrected chi connectivity index (χ3v) is 3.01. The van der Waals surface area contributed by atoms with Crippen molar-refractivity contribution < 1.29 is 9.53 Å². The Hall–Kier alpha value is -1.17. The number of hydrogen-bond acceptors (Lipinski definition) is 4. The van der Waals surface area contributed by atoms with Gasteiger partial charge in [0.05, 0.1) is 23.6 Å². The molecule has 0 atom stereocenters. The van der Waals surface area contributed by atoms with Crippen LogP contribution in [0.3, 0.4) is 0 Å². The molecule has 98 valence electrons. The first kappa shape index (κ1) is 13.3. The van der Waals surface area contributed by atoms with Crippen LogP contribution in [0.15, 0.2) is 17.0 Å². The van der Waals surface area contributed by atoms with Crippen LogP contribution in [-0.4, -0.2) is 21.7 Å². The van der Waals surface area contributed by atoms with Gasteiger partial charge in [0.2, 0.25) is 0 Å². The van der Waals surface area contributed by atoms with E-state index in [1.807, 2.05) is 20.8 Å². The molecular formula is C12H16BrN3O2. The van der Waals surface area contributed by atoms with E-state index in [0.717, 1.165) is 18.5 Å². The minimum Gasteiger partial charge on any atom is -0.444 e. The van der Waals surface area contributed by atoms with Crippen LogP contribution in [0.25, 0.3) is 0 Å². The molecule has 5 nitrogen and oxygen atoms in total. The molecule has 0 spiro atoms. The van der Waals surface area contributed by atoms with Gasteiger partial charge in [-0.15, -0.1) is 0 Å². The Morgan fingerprint density at radius 3 is 2.50 bits per heavy atom. The van der Waals surface area contributed by atoms with Gasteiger partial charge in [0.25, 0.3) is 0 Å². The Morgan fingerprint density at radius 2 is 2.06 bits per heavy atom. The maximum absolute atomic E-state index is 11.8. The van der Waals surface area contributed by atoms with Gasteiger partial charge in [-0.1, -0.05) is 0 Å². The summed E-state index contributed by atoms with van der Waals surface area (Å²) in [5.74, 6) is 0. The average molecular weight is 314 g/mol. The molecule has 1 N–H and O–H groups in total. The summed E-state index contributed by atoms with van der Waals surface area (Å²) in [6.45, 7) is 5.52. The summed E-state index contributed by atoms with van der Waals surface area (Å²) >= 11 is 3.24. The molecule has 0 aromatic carbocycles. The monoisotopic (exact) mass is 313 g/mol. The maximum atomic E-state index is 11.8. The van der Waals surface area contributed by atoms with Gasteiger partial charge in [0.1, 0.15) is 10.2 Å². The summed E-state index contributed by atoms with van der Waals surface area (Å²) in [5, 5.41) is 2.88. The van der Waals surface area contributed by atoms with E-state index in [-0.39, 0.29) is 0 Å². The SMILES string of the molecule is CC(C)(C)OC(=O)NC1(c2cnc(Br)cn2)CC1. The van der Waals surface area contributed by atoms with Crippen LogP contribution in [0, 0.1) is 0 Å². The van der Waals surface area contributed by atoms with Crippen LogP contribution >= 0.6 is 15.9 Å². The predicted molar refractivity (Wildman–Crippen MR) is 70.0 cm³/mol. The number of alkyl carbamates (subject to hydrolysis) is 1. The summed E-state index contributed by atoms with van der Waals surface area (Å²) in [7, 11) is 0. The van der Waals surface area contributed by atoms with Crippen LogP contribution in [0.5, 0.6) is 0 Å². The van der Waals surface area contributed by atoms with Crippen molar-refractivity contribution in [3.05, 3.63) is 22.7 Å². The number of aromatic nitrogens is 2. The Bertz CT molecular complexity index is 449. The van der Waals surface area contributed by atoms with E-state index >= 15 is 0 Å². The smallest absolute Gasteiger partial charge is 0.408 e. The Morgan fingerprint density at radius 1 is 1.39 bits per heavy atom. The molecule has 1 saturated carbocycles. The normalized spacial score (nSPS) is 17.1. The van der Waals surface area contributed by atoms with Gasteiger partial charge in [-0.2, -0.15) is 0 Å². The summed E-state index contributed by atoms with van der Waals surface area (Å²) in [5.41, 5.74) is -0.113. The fraction of sp³-hybridized carbons (Fsp3) is 0.583. The molecule has 2 rings (SSSR count). The number of carbonyl (C=O) groups is 1. The van der Waals surface area contributed by atoms with Crippen molar-refractivity contribution >= 4 is 22.0 Å². The molecule has 1 heterocycles. The van der Waals surface area contributed by atoms with Gasteiger partial charge in [-0.05, 0) is 49.5 Å². The zero-order valence-electron chi connectivity index (χ0n) is 10.7. The molecule has 0 bridgehead atoms. The third-order valence-electron chi connectivity index (χ3n) is 2.60. The standard InChI is InChI=1S/C12H16BrN3O2/c1-11(2,3)18-10(17)16-12(4-5-12)8-6-15-9(13)7-14-8/h6-7H,4-5H2,1-3H3,(H,16,17). The Labute approximate surface area is 114 Å². The number of ether oxygens (including phenoxy) is 1. The number of amides is 1. The van der Waals surface area contributed by atoms with E-state index in [4.69, 9.17) is 4.74 Å². The molecule has 6 heteroatoms. The second-order valence-corrected chi connectivity index (χ2v) is 6.25. The molecule has 1 aromatic rings. The van der Waals surface area contributed by atoms with Crippen LogP contribution < -0.4 is 5.32 Å². The fourth-order valence-electron chi connectivity index (χ4n) is 1.63. The Kier molecular flexibility index (Phi) is 3.31. The quantitative estimate of drug-likeness (QED) is 0.911. The zero-order valence-corrected chi connectivity index (χ0v) is 12.2. The van der Waals surface area contributed by atoms with E-state index in [1.54, 1.807) is 12.4 Å². The maximum Gasteiger partial charge on any atom is 0.408 e. The van der Waals surface area contributed by atoms with E-state index in [1.165, 1.54) is 0 Å². The van der Waals surface area contributed by atoms with Crippen LogP contribution in [0.2, 0.25) is 0 Å². The molecule has 1 amide bonds. The third kappa shape index (κ3) is 3.19. The van der Waals surface area contributed by atoms with Crippen molar-refractivity contribution in [1.82, 2.24) is 15.3 Å². The number of nitrogens with zero attached hydrogens (tertiary/aromatic N) is 2. The van der Waals surface area contributed by atoms with Gasteiger partial charge in [0, 0.05) is 0 Å². The lowest BCUT2D eigenvalue weighted by Gasteiger charge is -2.23. The highest BCUT2D eigenvalue weighted by molar-refractivity contribution is 9.10. The molecule has 0 saturated heterocycles. The van der Waals surface area contributed by atoms with E-state index in [2.05, 4.69) is 31.2 Å². The van der Waals surface area contributed by atoms with Crippen LogP contribution in [0.4, 0.5) is 4.79 Å². The minimum absolute atomic E-state index is 0.393. The number of rotatable bonds is 2. The van der Waals surface area contributed by atoms with Crippen molar-refractivity contribution in [2.75, 3.05) is 0 Å². The van der Waals surface area contributed by atoms with Gasteiger partial charge in [0.15, 0.2) is 0 Å². The summed E-state index contributed by atoms with van der Waals surface area (Å²) in [6, 6.07) is 0. The van der Waals surface area contributed by atoms with Crippen molar-refractivity contribution in [3.8, 4) is 0 Å². The van der Waals surface area contributed by atoms with Gasteiger partial charge in [-0.25, -0.2) is 9.78 Å².